The molecule has 1 aromatic carbocycles. The number of ether oxygens (including phenoxy) is 1. The molecule has 2 aromatic rings. The van der Waals surface area contributed by atoms with Crippen LogP contribution in [0.25, 0.3) is 11.1 Å². The molecule has 0 radical (unpaired) electrons. The molecule has 3 N–H and O–H groups in total. The van der Waals surface area contributed by atoms with Crippen molar-refractivity contribution in [1.82, 2.24) is 4.98 Å². The van der Waals surface area contributed by atoms with E-state index in [1.54, 1.807) is 6.20 Å². The van der Waals surface area contributed by atoms with Crippen molar-refractivity contribution < 1.29 is 20.1 Å². The van der Waals surface area contributed by atoms with E-state index in [-0.39, 0.29) is 0 Å². The fourth-order valence-corrected chi connectivity index (χ4v) is 4.10. The number of hydrogen-bond donors (Lipinski definition) is 3. The molecule has 1 saturated heterocycles. The largest absolute Gasteiger partial charge is 0.477 e. The fourth-order valence-electron chi connectivity index (χ4n) is 2.97. The molecular weight excluding hydrogens is 326 g/mol. The van der Waals surface area contributed by atoms with Crippen LogP contribution in [0.15, 0.2) is 36.7 Å². The van der Waals surface area contributed by atoms with Crippen molar-refractivity contribution in [2.24, 2.45) is 0 Å². The summed E-state index contributed by atoms with van der Waals surface area (Å²) in [4.78, 5) is 4.17. The highest BCUT2D eigenvalue weighted by atomic mass is 32.2. The monoisotopic (exact) mass is 347 g/mol. The molecule has 1 fully saturated rings. The first-order chi connectivity index (χ1) is 11.5. The van der Waals surface area contributed by atoms with Crippen molar-refractivity contribution in [3.05, 3.63) is 47.8 Å². The van der Waals surface area contributed by atoms with Crippen molar-refractivity contribution in [1.29, 1.82) is 0 Å². The molecule has 128 valence electrons. The predicted octanol–water partition coefficient (Wildman–Crippen LogP) is 1.90. The summed E-state index contributed by atoms with van der Waals surface area (Å²) in [5.41, 5.74) is 3.65. The second kappa shape index (κ2) is 7.11. The summed E-state index contributed by atoms with van der Waals surface area (Å²) in [6.07, 6.45) is 0.327. The topological polar surface area (TPSA) is 82.8 Å². The predicted molar refractivity (Wildman–Crippen MR) is 94.0 cm³/mol. The van der Waals surface area contributed by atoms with E-state index >= 15 is 0 Å². The lowest BCUT2D eigenvalue weighted by atomic mass is 9.96. The zero-order valence-electron chi connectivity index (χ0n) is 13.6. The highest BCUT2D eigenvalue weighted by molar-refractivity contribution is 7.99. The molecule has 0 unspecified atom stereocenters. The first-order valence-corrected chi connectivity index (χ1v) is 8.86. The van der Waals surface area contributed by atoms with E-state index in [9.17, 15) is 15.3 Å². The van der Waals surface area contributed by atoms with Crippen molar-refractivity contribution in [2.45, 2.75) is 37.6 Å². The maximum atomic E-state index is 10.1. The summed E-state index contributed by atoms with van der Waals surface area (Å²) < 4.78 is 5.87. The van der Waals surface area contributed by atoms with E-state index in [2.05, 4.69) is 4.98 Å². The molecular formula is C18H21NO4S. The van der Waals surface area contributed by atoms with Gasteiger partial charge in [0.15, 0.2) is 5.44 Å². The Morgan fingerprint density at radius 3 is 2.46 bits per heavy atom. The Bertz CT molecular complexity index is 686. The smallest absolute Gasteiger partial charge is 0.173 e. The van der Waals surface area contributed by atoms with Crippen molar-refractivity contribution in [3.8, 4) is 16.9 Å². The Morgan fingerprint density at radius 1 is 1.12 bits per heavy atom. The molecule has 6 heteroatoms. The Kier molecular flexibility index (Phi) is 5.10. The van der Waals surface area contributed by atoms with Gasteiger partial charge in [-0.1, -0.05) is 6.07 Å². The number of hydrogen-bond acceptors (Lipinski definition) is 6. The summed E-state index contributed by atoms with van der Waals surface area (Å²) >= 11 is 1.30. The fraction of sp³-hybridized carbons (Fsp3) is 0.389. The quantitative estimate of drug-likeness (QED) is 0.787. The molecule has 2 heterocycles. The lowest BCUT2D eigenvalue weighted by Gasteiger charge is -2.34. The zero-order valence-corrected chi connectivity index (χ0v) is 14.4. The number of rotatable bonds is 3. The summed E-state index contributed by atoms with van der Waals surface area (Å²) in [6, 6.07) is 7.75. The molecule has 24 heavy (non-hydrogen) atoms. The minimum absolute atomic E-state index is 0.328. The van der Waals surface area contributed by atoms with Crippen LogP contribution in [0, 0.1) is 13.8 Å². The third-order valence-electron chi connectivity index (χ3n) is 4.16. The van der Waals surface area contributed by atoms with Crippen LogP contribution in [0.5, 0.6) is 5.75 Å². The lowest BCUT2D eigenvalue weighted by Crippen LogP contribution is -2.50. The molecule has 1 aromatic heterocycles. The van der Waals surface area contributed by atoms with E-state index in [1.807, 2.05) is 44.3 Å². The summed E-state index contributed by atoms with van der Waals surface area (Å²) in [6.45, 7) is 4.01. The Labute approximate surface area is 145 Å². The average molecular weight is 347 g/mol. The number of nitrogens with zero attached hydrogens (tertiary/aromatic N) is 1. The van der Waals surface area contributed by atoms with Gasteiger partial charge in [-0.2, -0.15) is 0 Å². The maximum absolute atomic E-state index is 10.1. The van der Waals surface area contributed by atoms with Gasteiger partial charge in [-0.3, -0.25) is 4.98 Å². The second-order valence-corrected chi connectivity index (χ2v) is 7.17. The molecule has 3 rings (SSSR count). The number of aliphatic hydroxyl groups is 3. The van der Waals surface area contributed by atoms with Gasteiger partial charge >= 0.3 is 0 Å². The second-order valence-electron chi connectivity index (χ2n) is 6.04. The van der Waals surface area contributed by atoms with E-state index < -0.39 is 23.7 Å². The van der Waals surface area contributed by atoms with Gasteiger partial charge < -0.3 is 20.1 Å². The third-order valence-corrected chi connectivity index (χ3v) is 5.40. The number of aromatic nitrogens is 1. The van der Waals surface area contributed by atoms with Gasteiger partial charge in [0.05, 0.1) is 6.10 Å². The van der Waals surface area contributed by atoms with Crippen molar-refractivity contribution in [3.63, 3.8) is 0 Å². The van der Waals surface area contributed by atoms with Gasteiger partial charge in [0.2, 0.25) is 0 Å². The third kappa shape index (κ3) is 3.42. The van der Waals surface area contributed by atoms with Crippen LogP contribution in [0.2, 0.25) is 0 Å². The Morgan fingerprint density at radius 2 is 1.83 bits per heavy atom. The standard InChI is InChI=1S/C18H21NO4S/c1-10-6-13(23-18-17(22)16(21)14(20)9-24-18)7-11(2)15(10)12-4-3-5-19-8-12/h3-8,14,16-18,20-22H,9H2,1-2H3/t14-,16+,17-,18-/m1/s1. The molecule has 0 spiro atoms. The molecule has 0 saturated carbocycles. The number of thioether (sulfide) groups is 1. The maximum Gasteiger partial charge on any atom is 0.173 e. The van der Waals surface area contributed by atoms with Gasteiger partial charge in [-0.05, 0) is 48.7 Å². The Balaban J connectivity index is 1.83. The summed E-state index contributed by atoms with van der Waals surface area (Å²) in [5.74, 6) is 0.965. The van der Waals surface area contributed by atoms with E-state index in [0.29, 0.717) is 11.5 Å². The summed E-state index contributed by atoms with van der Waals surface area (Å²) in [5, 5.41) is 29.5. The van der Waals surface area contributed by atoms with Gasteiger partial charge in [0, 0.05) is 23.7 Å². The minimum Gasteiger partial charge on any atom is -0.477 e. The van der Waals surface area contributed by atoms with Crippen LogP contribution in [0.1, 0.15) is 11.1 Å². The number of benzene rings is 1. The number of aliphatic hydroxyl groups excluding tert-OH is 3. The van der Waals surface area contributed by atoms with Crippen LogP contribution < -0.4 is 4.74 Å². The van der Waals surface area contributed by atoms with Crippen LogP contribution in [-0.2, 0) is 0 Å². The number of pyridine rings is 1. The normalized spacial score (nSPS) is 27.0. The SMILES string of the molecule is Cc1cc(O[C@@H]2SC[C@@H](O)[C@H](O)[C@H]2O)cc(C)c1-c1cccnc1. The van der Waals surface area contributed by atoms with Gasteiger partial charge in [-0.25, -0.2) is 0 Å². The minimum atomic E-state index is -1.19. The van der Waals surface area contributed by atoms with Crippen LogP contribution in [0.4, 0.5) is 0 Å². The summed E-state index contributed by atoms with van der Waals surface area (Å²) in [7, 11) is 0. The van der Waals surface area contributed by atoms with Gasteiger partial charge in [0.25, 0.3) is 0 Å². The first kappa shape index (κ1) is 17.2. The number of aryl methyl sites for hydroxylation is 2. The molecule has 1 aliphatic rings. The lowest BCUT2D eigenvalue weighted by molar-refractivity contribution is -0.0786. The highest BCUT2D eigenvalue weighted by Crippen LogP contribution is 2.34. The molecule has 0 amide bonds. The molecule has 0 aliphatic carbocycles. The van der Waals surface area contributed by atoms with Gasteiger partial charge in [-0.15, -0.1) is 11.8 Å². The van der Waals surface area contributed by atoms with Crippen LogP contribution in [-0.4, -0.2) is 49.8 Å². The molecule has 4 atom stereocenters. The van der Waals surface area contributed by atoms with Crippen LogP contribution >= 0.6 is 11.8 Å². The van der Waals surface area contributed by atoms with E-state index in [0.717, 1.165) is 22.3 Å². The highest BCUT2D eigenvalue weighted by Gasteiger charge is 2.38. The van der Waals surface area contributed by atoms with E-state index in [4.69, 9.17) is 4.74 Å². The Hall–Kier alpha value is -1.60. The molecule has 1 aliphatic heterocycles. The average Bonchev–Trinajstić information content (AvgIpc) is 2.56. The van der Waals surface area contributed by atoms with Crippen molar-refractivity contribution >= 4 is 11.8 Å². The van der Waals surface area contributed by atoms with Gasteiger partial charge in [0.1, 0.15) is 18.0 Å². The molecule has 0 bridgehead atoms. The zero-order chi connectivity index (χ0) is 17.3. The molecule has 5 nitrogen and oxygen atoms in total. The van der Waals surface area contributed by atoms with E-state index in [1.165, 1.54) is 11.8 Å². The van der Waals surface area contributed by atoms with Crippen LogP contribution in [0.3, 0.4) is 0 Å². The first-order valence-electron chi connectivity index (χ1n) is 7.81. The van der Waals surface area contributed by atoms with Crippen molar-refractivity contribution in [2.75, 3.05) is 5.75 Å².